The fourth-order valence-corrected chi connectivity index (χ4v) is 2.84. The molecule has 0 saturated heterocycles. The Kier molecular flexibility index (Phi) is 11.2. The maximum Gasteiger partial charge on any atom is 0.326 e. The lowest BCUT2D eigenvalue weighted by Crippen LogP contribution is -2.57. The van der Waals surface area contributed by atoms with Gasteiger partial charge in [-0.1, -0.05) is 30.3 Å². The van der Waals surface area contributed by atoms with Crippen LogP contribution in [0.5, 0.6) is 0 Å². The Morgan fingerprint density at radius 3 is 1.88 bits per heavy atom. The van der Waals surface area contributed by atoms with Crippen LogP contribution in [0.25, 0.3) is 0 Å². The minimum Gasteiger partial charge on any atom is -0.481 e. The third kappa shape index (κ3) is 10.1. The van der Waals surface area contributed by atoms with Crippen molar-refractivity contribution >= 4 is 35.6 Å². The average molecular weight is 479 g/mol. The van der Waals surface area contributed by atoms with E-state index in [1.165, 1.54) is 6.92 Å². The summed E-state index contributed by atoms with van der Waals surface area (Å²) in [6, 6.07) is 3.14. The van der Waals surface area contributed by atoms with Crippen LogP contribution < -0.4 is 27.4 Å². The molecule has 9 N–H and O–H groups in total. The molecule has 13 nitrogen and oxygen atoms in total. The number of amides is 4. The van der Waals surface area contributed by atoms with Crippen molar-refractivity contribution in [2.75, 3.05) is 0 Å². The topological polar surface area (TPSA) is 231 Å². The van der Waals surface area contributed by atoms with Crippen LogP contribution >= 0.6 is 0 Å². The van der Waals surface area contributed by atoms with Gasteiger partial charge in [-0.3, -0.25) is 24.0 Å². The molecule has 1 rings (SSSR count). The molecule has 0 aromatic heterocycles. The fourth-order valence-electron chi connectivity index (χ4n) is 2.84. The molecule has 1 aromatic rings. The number of hydrogen-bond donors (Lipinski definition) is 7. The van der Waals surface area contributed by atoms with Gasteiger partial charge < -0.3 is 37.6 Å². The Morgan fingerprint density at radius 1 is 0.853 bits per heavy atom. The highest BCUT2D eigenvalue weighted by Gasteiger charge is 2.31. The number of hydrogen-bond acceptors (Lipinski definition) is 7. The number of nitrogens with one attached hydrogen (secondary N) is 3. The number of carbonyl (C=O) groups is 6. The van der Waals surface area contributed by atoms with Crippen molar-refractivity contribution in [3.8, 4) is 0 Å². The lowest BCUT2D eigenvalue weighted by molar-refractivity contribution is -0.142. The molecule has 13 heteroatoms. The zero-order chi connectivity index (χ0) is 25.8. The van der Waals surface area contributed by atoms with E-state index in [-0.39, 0.29) is 12.8 Å². The van der Waals surface area contributed by atoms with Crippen LogP contribution in [-0.4, -0.2) is 69.9 Å². The first-order valence-corrected chi connectivity index (χ1v) is 10.3. The molecule has 0 aliphatic heterocycles. The molecule has 186 valence electrons. The Balaban J connectivity index is 3.00. The monoisotopic (exact) mass is 479 g/mol. The number of carboxylic acid groups (broad SMARTS) is 2. The normalized spacial score (nSPS) is 14.1. The molecule has 0 radical (unpaired) electrons. The Bertz CT molecular complexity index is 906. The van der Waals surface area contributed by atoms with Gasteiger partial charge in [-0.2, -0.15) is 0 Å². The molecule has 4 atom stereocenters. The summed E-state index contributed by atoms with van der Waals surface area (Å²) in [4.78, 5) is 71.4. The van der Waals surface area contributed by atoms with Gasteiger partial charge >= 0.3 is 11.9 Å². The van der Waals surface area contributed by atoms with Gasteiger partial charge in [-0.05, 0) is 18.9 Å². The lowest BCUT2D eigenvalue weighted by atomic mass is 10.0. The number of carboxylic acids is 2. The van der Waals surface area contributed by atoms with Crippen molar-refractivity contribution in [2.24, 2.45) is 11.5 Å². The predicted molar refractivity (Wildman–Crippen MR) is 118 cm³/mol. The molecule has 0 bridgehead atoms. The summed E-state index contributed by atoms with van der Waals surface area (Å²) in [5.41, 5.74) is 11.2. The Hall–Kier alpha value is -4.00. The summed E-state index contributed by atoms with van der Waals surface area (Å²) >= 11 is 0. The summed E-state index contributed by atoms with van der Waals surface area (Å²) in [6.07, 6.45) is -1.54. The largest absolute Gasteiger partial charge is 0.481 e. The molecule has 0 aliphatic rings. The standard InChI is InChI=1S/C21H29N5O8/c1-11(22)18(30)24-13(7-8-17(28)29)19(31)25-14(10-16(23)27)20(32)26-15(21(33)34)9-12-5-3-2-4-6-12/h2-6,11,13-15H,7-10,22H2,1H3,(H2,23,27)(H,24,30)(H,25,31)(H,26,32)(H,28,29)(H,33,34). The van der Waals surface area contributed by atoms with Crippen molar-refractivity contribution < 1.29 is 39.0 Å². The summed E-state index contributed by atoms with van der Waals surface area (Å²) in [6.45, 7) is 1.35. The third-order valence-electron chi connectivity index (χ3n) is 4.63. The first kappa shape index (κ1) is 28.0. The highest BCUT2D eigenvalue weighted by Crippen LogP contribution is 2.06. The second-order valence-corrected chi connectivity index (χ2v) is 7.60. The van der Waals surface area contributed by atoms with Crippen molar-refractivity contribution in [3.05, 3.63) is 35.9 Å². The van der Waals surface area contributed by atoms with Gasteiger partial charge in [0.2, 0.25) is 23.6 Å². The maximum atomic E-state index is 12.7. The van der Waals surface area contributed by atoms with E-state index < -0.39 is 72.6 Å². The molecule has 4 amide bonds. The summed E-state index contributed by atoms with van der Waals surface area (Å²) in [5, 5.41) is 25.2. The zero-order valence-corrected chi connectivity index (χ0v) is 18.5. The average Bonchev–Trinajstić information content (AvgIpc) is 2.75. The Morgan fingerprint density at radius 2 is 1.38 bits per heavy atom. The van der Waals surface area contributed by atoms with Crippen LogP contribution in [-0.2, 0) is 35.2 Å². The van der Waals surface area contributed by atoms with E-state index in [4.69, 9.17) is 16.6 Å². The van der Waals surface area contributed by atoms with Gasteiger partial charge in [0.1, 0.15) is 18.1 Å². The van der Waals surface area contributed by atoms with E-state index in [2.05, 4.69) is 16.0 Å². The quantitative estimate of drug-likeness (QED) is 0.154. The van der Waals surface area contributed by atoms with Crippen LogP contribution in [0.2, 0.25) is 0 Å². The van der Waals surface area contributed by atoms with Crippen LogP contribution in [0.3, 0.4) is 0 Å². The van der Waals surface area contributed by atoms with Gasteiger partial charge in [0.05, 0.1) is 12.5 Å². The molecular weight excluding hydrogens is 450 g/mol. The SMILES string of the molecule is CC(N)C(=O)NC(CCC(=O)O)C(=O)NC(CC(N)=O)C(=O)NC(Cc1ccccc1)C(=O)O. The van der Waals surface area contributed by atoms with E-state index in [9.17, 15) is 33.9 Å². The molecule has 0 fully saturated rings. The number of aliphatic carboxylic acids is 2. The van der Waals surface area contributed by atoms with Crippen LogP contribution in [0.15, 0.2) is 30.3 Å². The van der Waals surface area contributed by atoms with E-state index in [1.54, 1.807) is 30.3 Å². The van der Waals surface area contributed by atoms with Crippen LogP contribution in [0.4, 0.5) is 0 Å². The molecule has 1 aromatic carbocycles. The maximum absolute atomic E-state index is 12.7. The van der Waals surface area contributed by atoms with E-state index in [0.717, 1.165) is 0 Å². The summed E-state index contributed by atoms with van der Waals surface area (Å²) in [5.74, 6) is -6.24. The van der Waals surface area contributed by atoms with Crippen molar-refractivity contribution in [1.82, 2.24) is 16.0 Å². The second-order valence-electron chi connectivity index (χ2n) is 7.60. The van der Waals surface area contributed by atoms with Crippen molar-refractivity contribution in [3.63, 3.8) is 0 Å². The minimum atomic E-state index is -1.57. The van der Waals surface area contributed by atoms with Crippen LogP contribution in [0, 0.1) is 0 Å². The Labute approximate surface area is 195 Å². The summed E-state index contributed by atoms with van der Waals surface area (Å²) in [7, 11) is 0. The van der Waals surface area contributed by atoms with Gasteiger partial charge in [0.15, 0.2) is 0 Å². The van der Waals surface area contributed by atoms with E-state index in [1.807, 2.05) is 0 Å². The van der Waals surface area contributed by atoms with Crippen molar-refractivity contribution in [2.45, 2.75) is 56.8 Å². The van der Waals surface area contributed by atoms with E-state index >= 15 is 0 Å². The zero-order valence-electron chi connectivity index (χ0n) is 18.5. The highest BCUT2D eigenvalue weighted by molar-refractivity contribution is 5.96. The highest BCUT2D eigenvalue weighted by atomic mass is 16.4. The first-order valence-electron chi connectivity index (χ1n) is 10.3. The summed E-state index contributed by atoms with van der Waals surface area (Å²) < 4.78 is 0. The molecule has 34 heavy (non-hydrogen) atoms. The predicted octanol–water partition coefficient (Wildman–Crippen LogP) is -2.14. The van der Waals surface area contributed by atoms with Gasteiger partial charge in [-0.15, -0.1) is 0 Å². The number of rotatable bonds is 14. The van der Waals surface area contributed by atoms with Crippen LogP contribution in [0.1, 0.15) is 31.7 Å². The number of nitrogens with two attached hydrogens (primary N) is 2. The first-order chi connectivity index (χ1) is 15.9. The molecule has 4 unspecified atom stereocenters. The van der Waals surface area contributed by atoms with Gasteiger partial charge in [-0.25, -0.2) is 4.79 Å². The van der Waals surface area contributed by atoms with Gasteiger partial charge in [0, 0.05) is 12.8 Å². The molecule has 0 aliphatic carbocycles. The van der Waals surface area contributed by atoms with Gasteiger partial charge in [0.25, 0.3) is 0 Å². The minimum absolute atomic E-state index is 0.0646. The van der Waals surface area contributed by atoms with E-state index in [0.29, 0.717) is 5.56 Å². The molecule has 0 heterocycles. The number of benzene rings is 1. The number of carbonyl (C=O) groups excluding carboxylic acids is 4. The lowest BCUT2D eigenvalue weighted by Gasteiger charge is -2.24. The molecular formula is C21H29N5O8. The second kappa shape index (κ2) is 13.5. The van der Waals surface area contributed by atoms with Crippen molar-refractivity contribution in [1.29, 1.82) is 0 Å². The fraction of sp³-hybridized carbons (Fsp3) is 0.429. The number of primary amides is 1. The smallest absolute Gasteiger partial charge is 0.326 e. The molecule has 0 saturated carbocycles. The third-order valence-corrected chi connectivity index (χ3v) is 4.63. The molecule has 0 spiro atoms.